The van der Waals surface area contributed by atoms with Crippen molar-refractivity contribution in [3.05, 3.63) is 34.1 Å². The number of alkyl halides is 1. The van der Waals surface area contributed by atoms with Gasteiger partial charge in [-0.05, 0) is 37.0 Å². The van der Waals surface area contributed by atoms with E-state index in [4.69, 9.17) is 27.9 Å². The highest BCUT2D eigenvalue weighted by Gasteiger charge is 2.27. The molecule has 2 atom stereocenters. The van der Waals surface area contributed by atoms with Crippen molar-refractivity contribution in [2.24, 2.45) is 0 Å². The summed E-state index contributed by atoms with van der Waals surface area (Å²) >= 11 is 12.3. The van der Waals surface area contributed by atoms with Crippen molar-refractivity contribution in [2.75, 3.05) is 6.61 Å². The molecule has 0 aliphatic carbocycles. The summed E-state index contributed by atoms with van der Waals surface area (Å²) in [6, 6.07) is 3.02. The number of hydrogen-bond acceptors (Lipinski definition) is 1. The summed E-state index contributed by atoms with van der Waals surface area (Å²) in [6.45, 7) is 2.44. The minimum absolute atomic E-state index is 0.0102. The summed E-state index contributed by atoms with van der Waals surface area (Å²) in [5.74, 6) is -0.301. The van der Waals surface area contributed by atoms with Gasteiger partial charge < -0.3 is 4.74 Å². The van der Waals surface area contributed by atoms with Gasteiger partial charge in [-0.2, -0.15) is 0 Å². The Morgan fingerprint density at radius 2 is 2.25 bits per heavy atom. The SMILES string of the molecule is Cc1cc(C(Cl)C2CCCO2)c(Cl)cc1F. The first-order valence-electron chi connectivity index (χ1n) is 5.31. The number of halogens is 3. The van der Waals surface area contributed by atoms with Crippen molar-refractivity contribution in [2.45, 2.75) is 31.2 Å². The van der Waals surface area contributed by atoms with Gasteiger partial charge in [0.1, 0.15) is 5.82 Å². The summed E-state index contributed by atoms with van der Waals surface area (Å²) in [5.41, 5.74) is 1.32. The standard InChI is InChI=1S/C12H13Cl2FO/c1-7-5-8(9(13)6-10(7)15)12(14)11-3-2-4-16-11/h5-6,11-12H,2-4H2,1H3. The molecule has 1 aliphatic heterocycles. The highest BCUT2D eigenvalue weighted by molar-refractivity contribution is 6.32. The van der Waals surface area contributed by atoms with E-state index in [2.05, 4.69) is 0 Å². The van der Waals surface area contributed by atoms with Crippen LogP contribution in [0.15, 0.2) is 12.1 Å². The zero-order chi connectivity index (χ0) is 11.7. The maximum atomic E-state index is 13.2. The number of rotatable bonds is 2. The molecule has 2 rings (SSSR count). The van der Waals surface area contributed by atoms with E-state index in [0.717, 1.165) is 25.0 Å². The highest BCUT2D eigenvalue weighted by Crippen LogP contribution is 2.36. The Balaban J connectivity index is 2.28. The van der Waals surface area contributed by atoms with E-state index in [0.29, 0.717) is 10.6 Å². The van der Waals surface area contributed by atoms with E-state index in [1.165, 1.54) is 6.07 Å². The molecule has 0 radical (unpaired) electrons. The maximum absolute atomic E-state index is 13.2. The van der Waals surface area contributed by atoms with E-state index in [1.807, 2.05) is 0 Å². The van der Waals surface area contributed by atoms with Crippen LogP contribution in [-0.2, 0) is 4.74 Å². The Hall–Kier alpha value is -0.310. The number of hydrogen-bond donors (Lipinski definition) is 0. The summed E-state index contributed by atoms with van der Waals surface area (Å²) < 4.78 is 18.8. The lowest BCUT2D eigenvalue weighted by Crippen LogP contribution is -2.13. The second-order valence-electron chi connectivity index (χ2n) is 4.08. The zero-order valence-corrected chi connectivity index (χ0v) is 10.5. The molecular formula is C12H13Cl2FO. The first-order valence-corrected chi connectivity index (χ1v) is 6.12. The molecule has 1 aromatic rings. The van der Waals surface area contributed by atoms with E-state index in [-0.39, 0.29) is 17.3 Å². The molecular weight excluding hydrogens is 250 g/mol. The summed E-state index contributed by atoms with van der Waals surface area (Å²) in [6.07, 6.45) is 1.94. The lowest BCUT2D eigenvalue weighted by molar-refractivity contribution is 0.107. The van der Waals surface area contributed by atoms with Gasteiger partial charge >= 0.3 is 0 Å². The topological polar surface area (TPSA) is 9.23 Å². The predicted octanol–water partition coefficient (Wildman–Crippen LogP) is 4.25. The Morgan fingerprint density at radius 3 is 2.88 bits per heavy atom. The van der Waals surface area contributed by atoms with Gasteiger partial charge in [0.2, 0.25) is 0 Å². The van der Waals surface area contributed by atoms with Crippen LogP contribution in [0.2, 0.25) is 5.02 Å². The van der Waals surface area contributed by atoms with Crippen LogP contribution in [0.4, 0.5) is 4.39 Å². The summed E-state index contributed by atoms with van der Waals surface area (Å²) in [4.78, 5) is 0. The predicted molar refractivity (Wildman–Crippen MR) is 63.7 cm³/mol. The molecule has 16 heavy (non-hydrogen) atoms. The molecule has 0 bridgehead atoms. The Labute approximate surface area is 105 Å². The fourth-order valence-electron chi connectivity index (χ4n) is 1.92. The monoisotopic (exact) mass is 262 g/mol. The van der Waals surface area contributed by atoms with Gasteiger partial charge in [-0.3, -0.25) is 0 Å². The molecule has 1 fully saturated rings. The van der Waals surface area contributed by atoms with Crippen LogP contribution >= 0.6 is 23.2 Å². The fraction of sp³-hybridized carbons (Fsp3) is 0.500. The van der Waals surface area contributed by atoms with E-state index in [9.17, 15) is 4.39 Å². The Kier molecular flexibility index (Phi) is 3.73. The third kappa shape index (κ3) is 2.34. The molecule has 0 spiro atoms. The molecule has 2 unspecified atom stereocenters. The van der Waals surface area contributed by atoms with Gasteiger partial charge in [0.25, 0.3) is 0 Å². The lowest BCUT2D eigenvalue weighted by Gasteiger charge is -2.18. The molecule has 0 N–H and O–H groups in total. The number of benzene rings is 1. The van der Waals surface area contributed by atoms with Crippen LogP contribution in [0.3, 0.4) is 0 Å². The van der Waals surface area contributed by atoms with Crippen LogP contribution < -0.4 is 0 Å². The van der Waals surface area contributed by atoms with E-state index in [1.54, 1.807) is 13.0 Å². The van der Waals surface area contributed by atoms with Crippen LogP contribution in [0, 0.1) is 12.7 Å². The van der Waals surface area contributed by atoms with Crippen molar-refractivity contribution in [1.29, 1.82) is 0 Å². The first-order chi connectivity index (χ1) is 7.59. The molecule has 0 saturated carbocycles. The molecule has 0 aromatic heterocycles. The van der Waals surface area contributed by atoms with Crippen molar-refractivity contribution in [1.82, 2.24) is 0 Å². The second kappa shape index (κ2) is 4.91. The quantitative estimate of drug-likeness (QED) is 0.725. The van der Waals surface area contributed by atoms with Gasteiger partial charge in [-0.25, -0.2) is 4.39 Å². The molecule has 1 heterocycles. The average molecular weight is 263 g/mol. The summed E-state index contributed by atoms with van der Waals surface area (Å²) in [5, 5.41) is 0.0768. The normalized spacial score (nSPS) is 22.4. The van der Waals surface area contributed by atoms with Crippen molar-refractivity contribution in [3.8, 4) is 0 Å². The third-order valence-electron chi connectivity index (χ3n) is 2.87. The summed E-state index contributed by atoms with van der Waals surface area (Å²) in [7, 11) is 0. The first kappa shape index (κ1) is 12.2. The molecule has 0 amide bonds. The molecule has 1 aromatic carbocycles. The van der Waals surface area contributed by atoms with Gasteiger partial charge in [-0.1, -0.05) is 17.7 Å². The number of aryl methyl sites for hydroxylation is 1. The van der Waals surface area contributed by atoms with Gasteiger partial charge in [0.15, 0.2) is 0 Å². The molecule has 1 nitrogen and oxygen atoms in total. The lowest BCUT2D eigenvalue weighted by atomic mass is 10.0. The molecule has 88 valence electrons. The van der Waals surface area contributed by atoms with Crippen molar-refractivity contribution in [3.63, 3.8) is 0 Å². The number of ether oxygens (including phenoxy) is 1. The average Bonchev–Trinajstić information content (AvgIpc) is 2.75. The van der Waals surface area contributed by atoms with Gasteiger partial charge in [0.05, 0.1) is 11.5 Å². The van der Waals surface area contributed by atoms with Crippen molar-refractivity contribution >= 4 is 23.2 Å². The minimum atomic E-state index is -0.301. The van der Waals surface area contributed by atoms with E-state index < -0.39 is 0 Å². The van der Waals surface area contributed by atoms with Crippen LogP contribution in [0.1, 0.15) is 29.3 Å². The maximum Gasteiger partial charge on any atom is 0.127 e. The fourth-order valence-corrected chi connectivity index (χ4v) is 2.63. The zero-order valence-electron chi connectivity index (χ0n) is 8.97. The molecule has 1 aliphatic rings. The van der Waals surface area contributed by atoms with Crippen molar-refractivity contribution < 1.29 is 9.13 Å². The van der Waals surface area contributed by atoms with Gasteiger partial charge in [0, 0.05) is 11.6 Å². The van der Waals surface area contributed by atoms with Crippen LogP contribution in [0.25, 0.3) is 0 Å². The Morgan fingerprint density at radius 1 is 1.50 bits per heavy atom. The van der Waals surface area contributed by atoms with Crippen LogP contribution in [0.5, 0.6) is 0 Å². The Bertz CT molecular complexity index is 389. The van der Waals surface area contributed by atoms with Gasteiger partial charge in [-0.15, -0.1) is 11.6 Å². The van der Waals surface area contributed by atoms with Crippen LogP contribution in [-0.4, -0.2) is 12.7 Å². The third-order valence-corrected chi connectivity index (χ3v) is 3.71. The smallest absolute Gasteiger partial charge is 0.127 e. The molecule has 4 heteroatoms. The molecule has 1 saturated heterocycles. The second-order valence-corrected chi connectivity index (χ2v) is 4.95. The highest BCUT2D eigenvalue weighted by atomic mass is 35.5. The minimum Gasteiger partial charge on any atom is -0.376 e. The largest absolute Gasteiger partial charge is 0.376 e. The van der Waals surface area contributed by atoms with E-state index >= 15 is 0 Å².